The molecule has 7 rings (SSSR count). The van der Waals surface area contributed by atoms with Crippen molar-refractivity contribution in [2.45, 2.75) is 51.9 Å². The summed E-state index contributed by atoms with van der Waals surface area (Å²) >= 11 is 1.62. The normalized spacial score (nSPS) is 29.6. The molecule has 4 aliphatic rings. The lowest BCUT2D eigenvalue weighted by Gasteiger charge is -2.55. The predicted molar refractivity (Wildman–Crippen MR) is 118 cm³/mol. The van der Waals surface area contributed by atoms with E-state index >= 15 is 0 Å². The molecular formula is C24H28N4OS. The lowest BCUT2D eigenvalue weighted by atomic mass is 9.49. The number of hydrogen-bond acceptors (Lipinski definition) is 4. The fourth-order valence-corrected chi connectivity index (χ4v) is 7.57. The van der Waals surface area contributed by atoms with E-state index in [4.69, 9.17) is 10.1 Å². The summed E-state index contributed by atoms with van der Waals surface area (Å²) in [5, 5.41) is 10.2. The molecule has 4 bridgehead atoms. The SMILES string of the molecule is Cc1ccccc1-c1nc2scc(CCNC(=O)C34CC5CC(CC(C5)C3)C4)n2n1. The molecule has 5 nitrogen and oxygen atoms in total. The van der Waals surface area contributed by atoms with Gasteiger partial charge in [0.15, 0.2) is 5.82 Å². The molecule has 2 aromatic heterocycles. The fraction of sp³-hybridized carbons (Fsp3) is 0.542. The molecule has 4 saturated carbocycles. The standard InChI is InChI=1S/C24H28N4OS/c1-15-4-2-3-5-20(15)21-26-23-28(27-21)19(14-30-23)6-7-25-22(29)24-11-16-8-17(12-24)10-18(9-16)13-24/h2-5,14,16-18H,6-13H2,1H3,(H,25,29). The quantitative estimate of drug-likeness (QED) is 0.654. The maximum Gasteiger partial charge on any atom is 0.226 e. The van der Waals surface area contributed by atoms with Crippen molar-refractivity contribution in [3.8, 4) is 11.4 Å². The molecule has 6 heteroatoms. The first-order valence-corrected chi connectivity index (χ1v) is 12.1. The van der Waals surface area contributed by atoms with Crippen LogP contribution in [0, 0.1) is 30.1 Å². The van der Waals surface area contributed by atoms with Gasteiger partial charge in [0.25, 0.3) is 0 Å². The van der Waals surface area contributed by atoms with E-state index in [1.807, 2.05) is 16.6 Å². The van der Waals surface area contributed by atoms with E-state index in [9.17, 15) is 4.79 Å². The number of carbonyl (C=O) groups excluding carboxylic acids is 1. The van der Waals surface area contributed by atoms with Gasteiger partial charge in [0.05, 0.1) is 5.69 Å². The molecule has 1 aromatic carbocycles. The Labute approximate surface area is 180 Å². The molecule has 156 valence electrons. The number of rotatable bonds is 5. The third-order valence-corrected chi connectivity index (χ3v) is 8.59. The maximum atomic E-state index is 13.2. The minimum Gasteiger partial charge on any atom is -0.355 e. The zero-order valence-corrected chi connectivity index (χ0v) is 18.3. The summed E-state index contributed by atoms with van der Waals surface area (Å²) in [6, 6.07) is 8.22. The number of nitrogens with one attached hydrogen (secondary N) is 1. The van der Waals surface area contributed by atoms with Crippen LogP contribution in [0.2, 0.25) is 0 Å². The number of fused-ring (bicyclic) bond motifs is 1. The smallest absolute Gasteiger partial charge is 0.226 e. The summed E-state index contributed by atoms with van der Waals surface area (Å²) in [6.45, 7) is 2.76. The van der Waals surface area contributed by atoms with Gasteiger partial charge >= 0.3 is 0 Å². The van der Waals surface area contributed by atoms with Crippen LogP contribution in [0.3, 0.4) is 0 Å². The number of amides is 1. The van der Waals surface area contributed by atoms with Gasteiger partial charge < -0.3 is 5.32 Å². The summed E-state index contributed by atoms with van der Waals surface area (Å²) in [5.41, 5.74) is 3.31. The van der Waals surface area contributed by atoms with E-state index in [0.29, 0.717) is 12.5 Å². The average Bonchev–Trinajstić information content (AvgIpc) is 3.29. The number of hydrogen-bond donors (Lipinski definition) is 1. The summed E-state index contributed by atoms with van der Waals surface area (Å²) in [5.74, 6) is 3.49. The zero-order chi connectivity index (χ0) is 20.3. The Hall–Kier alpha value is -2.21. The highest BCUT2D eigenvalue weighted by Gasteiger charge is 2.54. The molecule has 0 aliphatic heterocycles. The largest absolute Gasteiger partial charge is 0.355 e. The van der Waals surface area contributed by atoms with Gasteiger partial charge in [0.2, 0.25) is 10.9 Å². The molecule has 0 saturated heterocycles. The van der Waals surface area contributed by atoms with E-state index < -0.39 is 0 Å². The Bertz CT molecular complexity index is 1080. The predicted octanol–water partition coefficient (Wildman–Crippen LogP) is 4.64. The Morgan fingerprint density at radius 3 is 2.57 bits per heavy atom. The van der Waals surface area contributed by atoms with Gasteiger partial charge in [0.1, 0.15) is 0 Å². The molecule has 2 heterocycles. The number of benzene rings is 1. The van der Waals surface area contributed by atoms with Crippen molar-refractivity contribution in [1.82, 2.24) is 19.9 Å². The Balaban J connectivity index is 1.15. The van der Waals surface area contributed by atoms with E-state index in [-0.39, 0.29) is 5.41 Å². The Morgan fingerprint density at radius 2 is 1.87 bits per heavy atom. The van der Waals surface area contributed by atoms with Crippen molar-refractivity contribution in [3.63, 3.8) is 0 Å². The van der Waals surface area contributed by atoms with Gasteiger partial charge in [0, 0.05) is 29.3 Å². The van der Waals surface area contributed by atoms with Gasteiger partial charge in [-0.15, -0.1) is 16.4 Å². The molecule has 3 aromatic rings. The van der Waals surface area contributed by atoms with Gasteiger partial charge in [-0.1, -0.05) is 24.3 Å². The van der Waals surface area contributed by atoms with Gasteiger partial charge in [-0.25, -0.2) is 4.52 Å². The van der Waals surface area contributed by atoms with Crippen molar-refractivity contribution >= 4 is 22.2 Å². The third kappa shape index (κ3) is 2.99. The van der Waals surface area contributed by atoms with Crippen molar-refractivity contribution in [2.75, 3.05) is 6.54 Å². The van der Waals surface area contributed by atoms with Crippen molar-refractivity contribution in [1.29, 1.82) is 0 Å². The van der Waals surface area contributed by atoms with Crippen LogP contribution in [0.1, 0.15) is 49.8 Å². The molecular weight excluding hydrogens is 392 g/mol. The summed E-state index contributed by atoms with van der Waals surface area (Å²) < 4.78 is 1.95. The van der Waals surface area contributed by atoms with Crippen molar-refractivity contribution in [3.05, 3.63) is 40.9 Å². The fourth-order valence-electron chi connectivity index (χ4n) is 6.71. The number of thiazole rings is 1. The van der Waals surface area contributed by atoms with E-state index in [2.05, 4.69) is 29.8 Å². The van der Waals surface area contributed by atoms with Gasteiger partial charge in [-0.05, 0) is 68.8 Å². The molecule has 0 spiro atoms. The summed E-state index contributed by atoms with van der Waals surface area (Å²) in [6.07, 6.45) is 8.26. The van der Waals surface area contributed by atoms with Crippen LogP contribution in [0.5, 0.6) is 0 Å². The van der Waals surface area contributed by atoms with Gasteiger partial charge in [-0.3, -0.25) is 4.79 Å². The summed E-state index contributed by atoms with van der Waals surface area (Å²) in [7, 11) is 0. The van der Waals surface area contributed by atoms with Crippen LogP contribution in [0.4, 0.5) is 0 Å². The molecule has 1 N–H and O–H groups in total. The average molecular weight is 421 g/mol. The van der Waals surface area contributed by atoms with Crippen LogP contribution in [0.15, 0.2) is 29.6 Å². The first-order chi connectivity index (χ1) is 14.6. The molecule has 0 radical (unpaired) electrons. The van der Waals surface area contributed by atoms with Crippen molar-refractivity contribution in [2.24, 2.45) is 23.2 Å². The minimum atomic E-state index is -0.0655. The Kier molecular flexibility index (Phi) is 4.27. The van der Waals surface area contributed by atoms with Crippen LogP contribution < -0.4 is 5.32 Å². The Morgan fingerprint density at radius 1 is 1.17 bits per heavy atom. The van der Waals surface area contributed by atoms with Crippen LogP contribution in [0.25, 0.3) is 16.3 Å². The van der Waals surface area contributed by atoms with Crippen molar-refractivity contribution < 1.29 is 4.79 Å². The molecule has 1 amide bonds. The lowest BCUT2D eigenvalue weighted by Crippen LogP contribution is -2.53. The third-order valence-electron chi connectivity index (χ3n) is 7.72. The molecule has 4 fully saturated rings. The monoisotopic (exact) mass is 420 g/mol. The molecule has 4 aliphatic carbocycles. The number of nitrogens with zero attached hydrogens (tertiary/aromatic N) is 3. The highest BCUT2D eigenvalue weighted by Crippen LogP contribution is 2.60. The number of aryl methyl sites for hydroxylation is 1. The second-order valence-electron chi connectivity index (χ2n) is 9.88. The first-order valence-electron chi connectivity index (χ1n) is 11.3. The molecule has 0 atom stereocenters. The van der Waals surface area contributed by atoms with E-state index in [0.717, 1.165) is 65.5 Å². The lowest BCUT2D eigenvalue weighted by molar-refractivity contribution is -0.146. The number of aromatic nitrogens is 3. The molecule has 0 unspecified atom stereocenters. The van der Waals surface area contributed by atoms with Crippen LogP contribution in [-0.2, 0) is 11.2 Å². The number of carbonyl (C=O) groups is 1. The van der Waals surface area contributed by atoms with Gasteiger partial charge in [-0.2, -0.15) is 4.98 Å². The van der Waals surface area contributed by atoms with Crippen LogP contribution >= 0.6 is 11.3 Å². The highest BCUT2D eigenvalue weighted by molar-refractivity contribution is 7.15. The maximum absolute atomic E-state index is 13.2. The summed E-state index contributed by atoms with van der Waals surface area (Å²) in [4.78, 5) is 18.8. The molecule has 30 heavy (non-hydrogen) atoms. The first kappa shape index (κ1) is 18.6. The zero-order valence-electron chi connectivity index (χ0n) is 17.4. The second-order valence-corrected chi connectivity index (χ2v) is 10.7. The topological polar surface area (TPSA) is 59.3 Å². The highest BCUT2D eigenvalue weighted by atomic mass is 32.1. The minimum absolute atomic E-state index is 0.0655. The second kappa shape index (κ2) is 6.91. The van der Waals surface area contributed by atoms with E-state index in [1.165, 1.54) is 24.8 Å². The van der Waals surface area contributed by atoms with Crippen LogP contribution in [-0.4, -0.2) is 27.0 Å². The van der Waals surface area contributed by atoms with E-state index in [1.54, 1.807) is 11.3 Å².